The van der Waals surface area contributed by atoms with Gasteiger partial charge in [-0.15, -0.1) is 6.42 Å². The molecule has 1 aromatic carbocycles. The molecule has 22 heavy (non-hydrogen) atoms. The van der Waals surface area contributed by atoms with Crippen LogP contribution in [0.5, 0.6) is 0 Å². The zero-order valence-corrected chi connectivity index (χ0v) is 13.3. The fourth-order valence-electron chi connectivity index (χ4n) is 1.99. The maximum atomic E-state index is 11.2. The van der Waals surface area contributed by atoms with Crippen molar-refractivity contribution >= 4 is 15.5 Å². The topological polar surface area (TPSA) is 76.3 Å². The summed E-state index contributed by atoms with van der Waals surface area (Å²) in [6.45, 7) is 3.11. The third-order valence-corrected chi connectivity index (χ3v) is 3.77. The van der Waals surface area contributed by atoms with Crippen LogP contribution in [0.2, 0.25) is 0 Å². The van der Waals surface area contributed by atoms with Crippen LogP contribution in [0.1, 0.15) is 24.2 Å². The number of nitrogens with zero attached hydrogens (tertiary/aromatic N) is 3. The van der Waals surface area contributed by atoms with Gasteiger partial charge in [0.05, 0.1) is 6.54 Å². The van der Waals surface area contributed by atoms with Gasteiger partial charge in [-0.25, -0.2) is 8.42 Å². The standard InChI is InChI=1S/C15H17N3O3S/c1-4-12-7-6-8-13(9-12)18(5-2)10-15-16-14(17-21-15)11-22(3,19)20/h1,6-9H,5,10-11H2,2-3H3. The zero-order valence-electron chi connectivity index (χ0n) is 12.5. The molecule has 1 aromatic heterocycles. The number of sulfone groups is 1. The van der Waals surface area contributed by atoms with Gasteiger partial charge >= 0.3 is 0 Å². The summed E-state index contributed by atoms with van der Waals surface area (Å²) in [6, 6.07) is 7.58. The molecule has 0 bridgehead atoms. The molecule has 0 atom stereocenters. The largest absolute Gasteiger partial charge is 0.362 e. The van der Waals surface area contributed by atoms with Gasteiger partial charge < -0.3 is 9.42 Å². The number of benzene rings is 1. The van der Waals surface area contributed by atoms with E-state index in [-0.39, 0.29) is 11.6 Å². The van der Waals surface area contributed by atoms with E-state index in [9.17, 15) is 8.42 Å². The molecule has 0 aliphatic rings. The van der Waals surface area contributed by atoms with E-state index < -0.39 is 9.84 Å². The Bertz CT molecular complexity index is 790. The highest BCUT2D eigenvalue weighted by Crippen LogP contribution is 2.18. The van der Waals surface area contributed by atoms with E-state index >= 15 is 0 Å². The zero-order chi connectivity index (χ0) is 16.2. The minimum atomic E-state index is -3.18. The highest BCUT2D eigenvalue weighted by atomic mass is 32.2. The van der Waals surface area contributed by atoms with Gasteiger partial charge in [-0.3, -0.25) is 0 Å². The summed E-state index contributed by atoms with van der Waals surface area (Å²) in [7, 11) is -3.18. The smallest absolute Gasteiger partial charge is 0.246 e. The molecule has 7 heteroatoms. The van der Waals surface area contributed by atoms with Gasteiger partial charge in [0.15, 0.2) is 15.7 Å². The van der Waals surface area contributed by atoms with Crippen LogP contribution in [0.25, 0.3) is 0 Å². The van der Waals surface area contributed by atoms with Gasteiger partial charge in [0.1, 0.15) is 5.75 Å². The first-order chi connectivity index (χ1) is 10.4. The predicted molar refractivity (Wildman–Crippen MR) is 83.9 cm³/mol. The first-order valence-electron chi connectivity index (χ1n) is 6.72. The van der Waals surface area contributed by atoms with Crippen LogP contribution >= 0.6 is 0 Å². The summed E-state index contributed by atoms with van der Waals surface area (Å²) < 4.78 is 27.6. The number of terminal acetylenes is 1. The number of anilines is 1. The summed E-state index contributed by atoms with van der Waals surface area (Å²) in [4.78, 5) is 6.13. The van der Waals surface area contributed by atoms with Gasteiger partial charge in [0.2, 0.25) is 5.89 Å². The molecule has 1 heterocycles. The van der Waals surface area contributed by atoms with Crippen molar-refractivity contribution in [2.45, 2.75) is 19.2 Å². The molecule has 0 fully saturated rings. The van der Waals surface area contributed by atoms with Crippen LogP contribution in [0.15, 0.2) is 28.8 Å². The highest BCUT2D eigenvalue weighted by molar-refractivity contribution is 7.89. The van der Waals surface area contributed by atoms with Crippen molar-refractivity contribution in [1.29, 1.82) is 0 Å². The SMILES string of the molecule is C#Cc1cccc(N(CC)Cc2nc(CS(C)(=O)=O)no2)c1. The number of rotatable bonds is 6. The van der Waals surface area contributed by atoms with Crippen LogP contribution in [-0.2, 0) is 22.1 Å². The minimum absolute atomic E-state index is 0.172. The van der Waals surface area contributed by atoms with Crippen molar-refractivity contribution in [3.8, 4) is 12.3 Å². The summed E-state index contributed by atoms with van der Waals surface area (Å²) in [5.74, 6) is 2.91. The van der Waals surface area contributed by atoms with Gasteiger partial charge in [0.25, 0.3) is 0 Å². The van der Waals surface area contributed by atoms with E-state index in [1.807, 2.05) is 36.1 Å². The van der Waals surface area contributed by atoms with Crippen molar-refractivity contribution < 1.29 is 12.9 Å². The molecule has 0 spiro atoms. The Morgan fingerprint density at radius 2 is 2.18 bits per heavy atom. The fourth-order valence-corrected chi connectivity index (χ4v) is 2.58. The van der Waals surface area contributed by atoms with Crippen LogP contribution in [0.3, 0.4) is 0 Å². The first-order valence-corrected chi connectivity index (χ1v) is 8.78. The van der Waals surface area contributed by atoms with Crippen molar-refractivity contribution in [1.82, 2.24) is 10.1 Å². The summed E-state index contributed by atoms with van der Waals surface area (Å²) in [6.07, 6.45) is 6.54. The van der Waals surface area contributed by atoms with Gasteiger partial charge in [0, 0.05) is 24.1 Å². The van der Waals surface area contributed by atoms with E-state index in [0.717, 1.165) is 24.1 Å². The molecule has 0 saturated heterocycles. The summed E-state index contributed by atoms with van der Waals surface area (Å²) in [5, 5.41) is 3.69. The third kappa shape index (κ3) is 4.33. The van der Waals surface area contributed by atoms with E-state index in [1.54, 1.807) is 0 Å². The van der Waals surface area contributed by atoms with Gasteiger partial charge in [-0.1, -0.05) is 17.1 Å². The molecular weight excluding hydrogens is 302 g/mol. The second-order valence-corrected chi connectivity index (χ2v) is 7.02. The molecule has 0 saturated carbocycles. The number of aromatic nitrogens is 2. The molecule has 0 aliphatic carbocycles. The minimum Gasteiger partial charge on any atom is -0.362 e. The number of hydrogen-bond acceptors (Lipinski definition) is 6. The lowest BCUT2D eigenvalue weighted by Crippen LogP contribution is -2.22. The van der Waals surface area contributed by atoms with Crippen molar-refractivity contribution in [2.75, 3.05) is 17.7 Å². The lowest BCUT2D eigenvalue weighted by atomic mass is 10.2. The third-order valence-electron chi connectivity index (χ3n) is 2.99. The van der Waals surface area contributed by atoms with E-state index in [4.69, 9.17) is 10.9 Å². The molecular formula is C15H17N3O3S. The van der Waals surface area contributed by atoms with Crippen LogP contribution in [-0.4, -0.2) is 31.4 Å². The van der Waals surface area contributed by atoms with E-state index in [2.05, 4.69) is 16.1 Å². The second-order valence-electron chi connectivity index (χ2n) is 4.88. The molecule has 6 nitrogen and oxygen atoms in total. The van der Waals surface area contributed by atoms with Crippen molar-refractivity contribution in [2.24, 2.45) is 0 Å². The lowest BCUT2D eigenvalue weighted by Gasteiger charge is -2.21. The highest BCUT2D eigenvalue weighted by Gasteiger charge is 2.14. The van der Waals surface area contributed by atoms with Crippen molar-refractivity contribution in [3.63, 3.8) is 0 Å². The Hall–Kier alpha value is -2.33. The van der Waals surface area contributed by atoms with Crippen LogP contribution in [0.4, 0.5) is 5.69 Å². The number of hydrogen-bond donors (Lipinski definition) is 0. The van der Waals surface area contributed by atoms with Gasteiger partial charge in [-0.05, 0) is 25.1 Å². The average molecular weight is 319 g/mol. The fraction of sp³-hybridized carbons (Fsp3) is 0.333. The Kier molecular flexibility index (Phi) is 4.83. The molecule has 116 valence electrons. The quantitative estimate of drug-likeness (QED) is 0.753. The molecule has 0 unspecified atom stereocenters. The maximum Gasteiger partial charge on any atom is 0.246 e. The van der Waals surface area contributed by atoms with E-state index in [0.29, 0.717) is 12.4 Å². The van der Waals surface area contributed by atoms with Crippen LogP contribution < -0.4 is 4.90 Å². The summed E-state index contributed by atoms with van der Waals surface area (Å²) in [5.41, 5.74) is 1.74. The predicted octanol–water partition coefficient (Wildman–Crippen LogP) is 1.62. The monoisotopic (exact) mass is 319 g/mol. The molecule has 2 rings (SSSR count). The molecule has 2 aromatic rings. The van der Waals surface area contributed by atoms with Gasteiger partial charge in [-0.2, -0.15) is 4.98 Å². The molecule has 0 N–H and O–H groups in total. The Labute approximate surface area is 130 Å². The Balaban J connectivity index is 2.15. The Morgan fingerprint density at radius 3 is 2.82 bits per heavy atom. The van der Waals surface area contributed by atoms with Crippen molar-refractivity contribution in [3.05, 3.63) is 41.5 Å². The van der Waals surface area contributed by atoms with E-state index in [1.165, 1.54) is 0 Å². The first kappa shape index (κ1) is 16.0. The average Bonchev–Trinajstić information content (AvgIpc) is 2.89. The molecule has 0 radical (unpaired) electrons. The molecule has 0 aliphatic heterocycles. The van der Waals surface area contributed by atoms with Crippen LogP contribution in [0, 0.1) is 12.3 Å². The Morgan fingerprint density at radius 1 is 1.41 bits per heavy atom. The molecule has 0 amide bonds. The lowest BCUT2D eigenvalue weighted by molar-refractivity contribution is 0.372. The second kappa shape index (κ2) is 6.62. The maximum absolute atomic E-state index is 11.2. The normalized spacial score (nSPS) is 11.1. The summed E-state index contributed by atoms with van der Waals surface area (Å²) >= 11 is 0.